The zero-order chi connectivity index (χ0) is 12.3. The fraction of sp³-hybridized carbons (Fsp3) is 0.545. The van der Waals surface area contributed by atoms with E-state index in [-0.39, 0.29) is 0 Å². The molecule has 1 fully saturated rings. The summed E-state index contributed by atoms with van der Waals surface area (Å²) in [5.74, 6) is 1.29. The van der Waals surface area contributed by atoms with E-state index in [1.807, 2.05) is 6.07 Å². The van der Waals surface area contributed by atoms with Crippen molar-refractivity contribution in [2.45, 2.75) is 0 Å². The van der Waals surface area contributed by atoms with Crippen LogP contribution in [0.3, 0.4) is 0 Å². The number of piperazine rings is 1. The second-order valence-corrected chi connectivity index (χ2v) is 4.13. The van der Waals surface area contributed by atoms with Gasteiger partial charge >= 0.3 is 0 Å². The summed E-state index contributed by atoms with van der Waals surface area (Å²) in [6, 6.07) is 3.64. The van der Waals surface area contributed by atoms with Crippen LogP contribution in [0.4, 0.5) is 11.5 Å². The van der Waals surface area contributed by atoms with Gasteiger partial charge in [-0.15, -0.1) is 0 Å². The highest BCUT2D eigenvalue weighted by Crippen LogP contribution is 2.25. The van der Waals surface area contributed by atoms with Gasteiger partial charge in [0.2, 0.25) is 5.88 Å². The molecular weight excluding hydrogens is 220 g/mol. The number of methoxy groups -OCH3 is 1. The summed E-state index contributed by atoms with van der Waals surface area (Å²) in [4.78, 5) is 8.87. The molecule has 0 aromatic carbocycles. The lowest BCUT2D eigenvalue weighted by Gasteiger charge is -2.33. The van der Waals surface area contributed by atoms with Gasteiger partial charge in [-0.1, -0.05) is 0 Å². The van der Waals surface area contributed by atoms with Crippen molar-refractivity contribution in [2.24, 2.45) is 0 Å². The summed E-state index contributed by atoms with van der Waals surface area (Å²) in [6.45, 7) is 3.98. The number of nitrogens with zero attached hydrogens (tertiary/aromatic N) is 3. The normalized spacial score (nSPS) is 17.0. The number of hydrogen-bond acceptors (Lipinski definition) is 6. The topological polar surface area (TPSA) is 60.9 Å². The molecule has 6 heteroatoms. The number of hydrogen-bond donors (Lipinski definition) is 2. The summed E-state index contributed by atoms with van der Waals surface area (Å²) in [7, 11) is 3.65. The minimum Gasteiger partial charge on any atom is -0.479 e. The average molecular weight is 238 g/mol. The van der Waals surface area contributed by atoms with Crippen LogP contribution in [0.2, 0.25) is 0 Å². The van der Waals surface area contributed by atoms with E-state index >= 15 is 0 Å². The second-order valence-electron chi connectivity index (χ2n) is 4.13. The van der Waals surface area contributed by atoms with Gasteiger partial charge < -0.3 is 14.5 Å². The first-order chi connectivity index (χ1) is 8.24. The lowest BCUT2D eigenvalue weighted by atomic mass is 10.3. The molecule has 1 aromatic rings. The van der Waals surface area contributed by atoms with Crippen molar-refractivity contribution in [3.8, 4) is 5.88 Å². The van der Waals surface area contributed by atoms with Gasteiger partial charge in [-0.05, 0) is 19.2 Å². The Morgan fingerprint density at radius 2 is 2.00 bits per heavy atom. The second kappa shape index (κ2) is 5.20. The van der Waals surface area contributed by atoms with Crippen LogP contribution in [0, 0.1) is 0 Å². The summed E-state index contributed by atoms with van der Waals surface area (Å²) >= 11 is 0. The van der Waals surface area contributed by atoms with Gasteiger partial charge in [0.15, 0.2) is 0 Å². The molecule has 0 aliphatic carbocycles. The molecule has 6 nitrogen and oxygen atoms in total. The van der Waals surface area contributed by atoms with Crippen molar-refractivity contribution >= 4 is 11.5 Å². The van der Waals surface area contributed by atoms with Gasteiger partial charge in [0.25, 0.3) is 0 Å². The number of ether oxygens (including phenoxy) is 1. The van der Waals surface area contributed by atoms with E-state index in [0.717, 1.165) is 32.0 Å². The molecule has 0 bridgehead atoms. The van der Waals surface area contributed by atoms with Crippen LogP contribution in [0.5, 0.6) is 5.88 Å². The Kier molecular flexibility index (Phi) is 3.65. The molecule has 1 saturated heterocycles. The molecule has 0 spiro atoms. The van der Waals surface area contributed by atoms with Crippen LogP contribution in [0.15, 0.2) is 12.1 Å². The van der Waals surface area contributed by atoms with E-state index in [9.17, 15) is 0 Å². The molecule has 2 heterocycles. The van der Waals surface area contributed by atoms with Gasteiger partial charge in [0.1, 0.15) is 11.5 Å². The van der Waals surface area contributed by atoms with Crippen molar-refractivity contribution in [1.82, 2.24) is 9.88 Å². The third-order valence-corrected chi connectivity index (χ3v) is 2.99. The Morgan fingerprint density at radius 1 is 1.29 bits per heavy atom. The van der Waals surface area contributed by atoms with Gasteiger partial charge in [-0.2, -0.15) is 4.98 Å². The number of rotatable bonds is 3. The lowest BCUT2D eigenvalue weighted by Crippen LogP contribution is -2.44. The molecule has 1 aromatic heterocycles. The molecule has 0 amide bonds. The molecule has 1 aliphatic rings. The standard InChI is InChI=1S/C11H18N4O2/c1-14-5-7-15(8-6-14)10-4-3-9(13-16)11(12-10)17-2/h3-4,13,16H,5-8H2,1-2H3. The van der Waals surface area contributed by atoms with E-state index in [4.69, 9.17) is 9.94 Å². The Balaban J connectivity index is 2.16. The third-order valence-electron chi connectivity index (χ3n) is 2.99. The first-order valence-electron chi connectivity index (χ1n) is 5.63. The van der Waals surface area contributed by atoms with Crippen LogP contribution in [-0.4, -0.2) is 55.4 Å². The number of nitrogens with one attached hydrogen (secondary N) is 1. The van der Waals surface area contributed by atoms with E-state index in [1.165, 1.54) is 7.11 Å². The largest absolute Gasteiger partial charge is 0.479 e. The van der Waals surface area contributed by atoms with Crippen molar-refractivity contribution in [3.05, 3.63) is 12.1 Å². The highest BCUT2D eigenvalue weighted by molar-refractivity contribution is 5.56. The number of anilines is 2. The van der Waals surface area contributed by atoms with Crippen LogP contribution >= 0.6 is 0 Å². The summed E-state index contributed by atoms with van der Waals surface area (Å²) in [6.07, 6.45) is 0. The monoisotopic (exact) mass is 238 g/mol. The lowest BCUT2D eigenvalue weighted by molar-refractivity contribution is 0.311. The van der Waals surface area contributed by atoms with Crippen molar-refractivity contribution in [3.63, 3.8) is 0 Å². The highest BCUT2D eigenvalue weighted by Gasteiger charge is 2.16. The van der Waals surface area contributed by atoms with Crippen LogP contribution < -0.4 is 15.1 Å². The van der Waals surface area contributed by atoms with Crippen molar-refractivity contribution in [1.29, 1.82) is 0 Å². The van der Waals surface area contributed by atoms with Crippen LogP contribution in [0.25, 0.3) is 0 Å². The maximum Gasteiger partial charge on any atom is 0.241 e. The highest BCUT2D eigenvalue weighted by atomic mass is 16.5. The molecule has 2 N–H and O–H groups in total. The third kappa shape index (κ3) is 2.59. The summed E-state index contributed by atoms with van der Waals surface area (Å²) < 4.78 is 5.12. The Bertz CT molecular complexity index is 378. The van der Waals surface area contributed by atoms with E-state index in [1.54, 1.807) is 6.07 Å². The molecule has 0 unspecified atom stereocenters. The Labute approximate surface area is 101 Å². The van der Waals surface area contributed by atoms with Gasteiger partial charge in [0, 0.05) is 26.2 Å². The molecule has 0 saturated carbocycles. The zero-order valence-corrected chi connectivity index (χ0v) is 10.2. The molecule has 94 valence electrons. The Morgan fingerprint density at radius 3 is 2.59 bits per heavy atom. The average Bonchev–Trinajstić information content (AvgIpc) is 2.39. The summed E-state index contributed by atoms with van der Waals surface area (Å²) in [5.41, 5.74) is 2.55. The van der Waals surface area contributed by atoms with Gasteiger partial charge in [-0.3, -0.25) is 10.7 Å². The quantitative estimate of drug-likeness (QED) is 0.754. The van der Waals surface area contributed by atoms with Crippen LogP contribution in [-0.2, 0) is 0 Å². The fourth-order valence-electron chi connectivity index (χ4n) is 1.88. The summed E-state index contributed by atoms with van der Waals surface area (Å²) in [5, 5.41) is 8.90. The smallest absolute Gasteiger partial charge is 0.241 e. The van der Waals surface area contributed by atoms with Gasteiger partial charge in [-0.25, -0.2) is 0 Å². The number of aromatic nitrogens is 1. The maximum atomic E-state index is 8.90. The molecule has 17 heavy (non-hydrogen) atoms. The SMILES string of the molecule is COc1nc(N2CCN(C)CC2)ccc1NO. The van der Waals surface area contributed by atoms with Crippen molar-refractivity contribution in [2.75, 3.05) is 50.7 Å². The van der Waals surface area contributed by atoms with E-state index in [2.05, 4.69) is 27.3 Å². The molecule has 1 aliphatic heterocycles. The fourth-order valence-corrected chi connectivity index (χ4v) is 1.88. The predicted octanol–water partition coefficient (Wildman–Crippen LogP) is 0.643. The Hall–Kier alpha value is -1.53. The van der Waals surface area contributed by atoms with Gasteiger partial charge in [0.05, 0.1) is 7.11 Å². The van der Waals surface area contributed by atoms with Crippen LogP contribution in [0.1, 0.15) is 0 Å². The minimum atomic E-state index is 0.406. The van der Waals surface area contributed by atoms with Crippen molar-refractivity contribution < 1.29 is 9.94 Å². The number of likely N-dealkylation sites (N-methyl/N-ethyl adjacent to an activating group) is 1. The molecule has 0 atom stereocenters. The molecular formula is C11H18N4O2. The minimum absolute atomic E-state index is 0.406. The number of pyridine rings is 1. The van der Waals surface area contributed by atoms with E-state index < -0.39 is 0 Å². The molecule has 0 radical (unpaired) electrons. The predicted molar refractivity (Wildman–Crippen MR) is 65.9 cm³/mol. The molecule has 2 rings (SSSR count). The maximum absolute atomic E-state index is 8.90. The first kappa shape index (κ1) is 11.9. The van der Waals surface area contributed by atoms with E-state index in [0.29, 0.717) is 11.6 Å². The first-order valence-corrected chi connectivity index (χ1v) is 5.63. The zero-order valence-electron chi connectivity index (χ0n) is 10.2.